The molecule has 3 rings (SSSR count). The molecule has 0 unspecified atom stereocenters. The number of nitrogens with one attached hydrogen (secondary N) is 2. The first-order valence-corrected chi connectivity index (χ1v) is 9.95. The Morgan fingerprint density at radius 1 is 1.00 bits per heavy atom. The first-order chi connectivity index (χ1) is 13.2. The average Bonchev–Trinajstić information content (AvgIpc) is 2.73. The summed E-state index contributed by atoms with van der Waals surface area (Å²) in [6, 6.07) is 17.0. The molecule has 1 aliphatic heterocycles. The second-order valence-corrected chi connectivity index (χ2v) is 7.06. The van der Waals surface area contributed by atoms with Crippen molar-refractivity contribution in [1.82, 2.24) is 5.32 Å². The average molecular weight is 382 g/mol. The molecular weight excluding hydrogens is 360 g/mol. The molecule has 0 saturated heterocycles. The van der Waals surface area contributed by atoms with Gasteiger partial charge in [-0.3, -0.25) is 9.59 Å². The zero-order chi connectivity index (χ0) is 18.9. The van der Waals surface area contributed by atoms with Gasteiger partial charge in [-0.05, 0) is 42.7 Å². The van der Waals surface area contributed by atoms with Gasteiger partial charge in [0.25, 0.3) is 11.8 Å². The third-order valence-corrected chi connectivity index (χ3v) is 4.83. The van der Waals surface area contributed by atoms with Crippen molar-refractivity contribution in [2.45, 2.75) is 12.8 Å². The summed E-state index contributed by atoms with van der Waals surface area (Å²) >= 11 is 1.56. The highest BCUT2D eigenvalue weighted by Crippen LogP contribution is 2.17. The fourth-order valence-corrected chi connectivity index (χ4v) is 3.25. The van der Waals surface area contributed by atoms with E-state index in [1.54, 1.807) is 41.4 Å². The van der Waals surface area contributed by atoms with Gasteiger partial charge in [0.2, 0.25) is 0 Å². The molecule has 5 nitrogen and oxygen atoms in total. The summed E-state index contributed by atoms with van der Waals surface area (Å²) in [7, 11) is 0. The van der Waals surface area contributed by atoms with Gasteiger partial charge in [0.1, 0.15) is 0 Å². The van der Waals surface area contributed by atoms with Gasteiger partial charge in [0, 0.05) is 29.0 Å². The number of hydrogen-bond donors (Lipinski definition) is 2. The summed E-state index contributed by atoms with van der Waals surface area (Å²) in [5, 5.41) is 7.41. The number of thioether (sulfide) groups is 1. The highest BCUT2D eigenvalue weighted by Gasteiger charge is 2.14. The Hall–Kier alpha value is -2.73. The van der Waals surface area contributed by atoms with Crippen LogP contribution < -0.4 is 10.6 Å². The van der Waals surface area contributed by atoms with Crippen molar-refractivity contribution in [3.8, 4) is 0 Å². The molecule has 0 radical (unpaired) electrons. The maximum Gasteiger partial charge on any atom is 0.291 e. The molecule has 0 saturated carbocycles. The molecule has 0 aliphatic carbocycles. The molecule has 140 valence electrons. The Morgan fingerprint density at radius 3 is 2.48 bits per heavy atom. The van der Waals surface area contributed by atoms with E-state index < -0.39 is 0 Å². The molecule has 2 aromatic rings. The van der Waals surface area contributed by atoms with E-state index in [2.05, 4.69) is 22.8 Å². The molecule has 0 aromatic heterocycles. The summed E-state index contributed by atoms with van der Waals surface area (Å²) in [4.78, 5) is 24.3. The zero-order valence-electron chi connectivity index (χ0n) is 14.9. The number of carbonyl (C=O) groups is 2. The van der Waals surface area contributed by atoms with Gasteiger partial charge in [-0.1, -0.05) is 30.3 Å². The van der Waals surface area contributed by atoms with Crippen molar-refractivity contribution >= 4 is 29.3 Å². The maximum atomic E-state index is 12.2. The van der Waals surface area contributed by atoms with Gasteiger partial charge in [-0.15, -0.1) is 11.8 Å². The van der Waals surface area contributed by atoms with Crippen LogP contribution >= 0.6 is 11.8 Å². The van der Waals surface area contributed by atoms with Crippen molar-refractivity contribution in [3.63, 3.8) is 0 Å². The van der Waals surface area contributed by atoms with Crippen LogP contribution in [0, 0.1) is 0 Å². The van der Waals surface area contributed by atoms with Crippen LogP contribution in [0.15, 0.2) is 65.8 Å². The topological polar surface area (TPSA) is 67.4 Å². The summed E-state index contributed by atoms with van der Waals surface area (Å²) in [6.45, 7) is 1.16. The lowest BCUT2D eigenvalue weighted by Crippen LogP contribution is -2.24. The van der Waals surface area contributed by atoms with Gasteiger partial charge in [0.15, 0.2) is 5.76 Å². The molecule has 1 heterocycles. The molecule has 2 amide bonds. The predicted molar refractivity (Wildman–Crippen MR) is 109 cm³/mol. The lowest BCUT2D eigenvalue weighted by atomic mass is 10.1. The lowest BCUT2D eigenvalue weighted by Gasteiger charge is -2.14. The van der Waals surface area contributed by atoms with Crippen LogP contribution in [0.1, 0.15) is 22.3 Å². The van der Waals surface area contributed by atoms with Gasteiger partial charge in [-0.2, -0.15) is 0 Å². The monoisotopic (exact) mass is 382 g/mol. The summed E-state index contributed by atoms with van der Waals surface area (Å²) in [5.74, 6) is 0.786. The minimum atomic E-state index is -0.277. The van der Waals surface area contributed by atoms with E-state index in [9.17, 15) is 9.59 Å². The summed E-state index contributed by atoms with van der Waals surface area (Å²) < 4.78 is 5.32. The van der Waals surface area contributed by atoms with Crippen LogP contribution in [0.25, 0.3) is 0 Å². The number of anilines is 1. The van der Waals surface area contributed by atoms with Gasteiger partial charge in [0.05, 0.1) is 6.61 Å². The van der Waals surface area contributed by atoms with E-state index >= 15 is 0 Å². The first-order valence-electron chi connectivity index (χ1n) is 8.90. The largest absolute Gasteiger partial charge is 0.487 e. The highest BCUT2D eigenvalue weighted by atomic mass is 32.2. The normalized spacial score (nSPS) is 13.3. The zero-order valence-corrected chi connectivity index (χ0v) is 15.8. The third kappa shape index (κ3) is 5.89. The van der Waals surface area contributed by atoms with E-state index in [0.29, 0.717) is 30.2 Å². The van der Waals surface area contributed by atoms with Crippen LogP contribution in [-0.4, -0.2) is 30.7 Å². The van der Waals surface area contributed by atoms with Gasteiger partial charge in [-0.25, -0.2) is 0 Å². The standard InChI is InChI=1S/C21H22N2O3S/c24-20(22-12-4-7-16-5-2-1-3-6-16)17-8-10-18(11-9-17)23-21(25)19-15-27-14-13-26-19/h1-3,5-6,8-11,15H,4,7,12-14H2,(H,22,24)(H,23,25). The lowest BCUT2D eigenvalue weighted by molar-refractivity contribution is -0.116. The fraction of sp³-hybridized carbons (Fsp3) is 0.238. The molecule has 6 heteroatoms. The minimum Gasteiger partial charge on any atom is -0.487 e. The number of aryl methyl sites for hydroxylation is 1. The van der Waals surface area contributed by atoms with Gasteiger partial charge >= 0.3 is 0 Å². The first kappa shape index (κ1) is 19.0. The SMILES string of the molecule is O=C(Nc1ccc(C(=O)NCCCc2ccccc2)cc1)C1=CSCCO1. The van der Waals surface area contributed by atoms with E-state index in [0.717, 1.165) is 18.6 Å². The molecule has 27 heavy (non-hydrogen) atoms. The Bertz CT molecular complexity index is 804. The number of carbonyl (C=O) groups excluding carboxylic acids is 2. The smallest absolute Gasteiger partial charge is 0.291 e. The highest BCUT2D eigenvalue weighted by molar-refractivity contribution is 8.02. The number of ether oxygens (including phenoxy) is 1. The van der Waals surface area contributed by atoms with E-state index in [1.165, 1.54) is 5.56 Å². The van der Waals surface area contributed by atoms with Crippen LogP contribution in [0.3, 0.4) is 0 Å². The van der Waals surface area contributed by atoms with Gasteiger partial charge < -0.3 is 15.4 Å². The van der Waals surface area contributed by atoms with E-state index in [1.807, 2.05) is 18.2 Å². The maximum absolute atomic E-state index is 12.2. The molecule has 0 fully saturated rings. The van der Waals surface area contributed by atoms with Crippen LogP contribution in [0.5, 0.6) is 0 Å². The summed E-state index contributed by atoms with van der Waals surface area (Å²) in [6.07, 6.45) is 1.82. The Balaban J connectivity index is 1.44. The number of rotatable bonds is 7. The van der Waals surface area contributed by atoms with Crippen LogP contribution in [0.2, 0.25) is 0 Å². The van der Waals surface area contributed by atoms with Crippen molar-refractivity contribution in [1.29, 1.82) is 0 Å². The Labute approximate surface area is 163 Å². The van der Waals surface area contributed by atoms with Crippen LogP contribution in [-0.2, 0) is 16.0 Å². The number of amides is 2. The molecule has 2 aromatic carbocycles. The summed E-state index contributed by atoms with van der Waals surface area (Å²) in [5.41, 5.74) is 2.46. The second-order valence-electron chi connectivity index (χ2n) is 6.08. The second kappa shape index (κ2) is 9.83. The quantitative estimate of drug-likeness (QED) is 0.718. The molecule has 0 bridgehead atoms. The molecular formula is C21H22N2O3S. The predicted octanol–water partition coefficient (Wildman–Crippen LogP) is 3.59. The number of hydrogen-bond acceptors (Lipinski definition) is 4. The van der Waals surface area contributed by atoms with Crippen molar-refractivity contribution in [2.75, 3.05) is 24.2 Å². The molecule has 2 N–H and O–H groups in total. The van der Waals surface area contributed by atoms with E-state index in [-0.39, 0.29) is 11.8 Å². The molecule has 0 atom stereocenters. The Kier molecular flexibility index (Phi) is 6.93. The van der Waals surface area contributed by atoms with Crippen molar-refractivity contribution < 1.29 is 14.3 Å². The van der Waals surface area contributed by atoms with E-state index in [4.69, 9.17) is 4.74 Å². The Morgan fingerprint density at radius 2 is 1.78 bits per heavy atom. The molecule has 0 spiro atoms. The fourth-order valence-electron chi connectivity index (χ4n) is 2.63. The third-order valence-electron chi connectivity index (χ3n) is 4.05. The van der Waals surface area contributed by atoms with Crippen molar-refractivity contribution in [3.05, 3.63) is 76.9 Å². The minimum absolute atomic E-state index is 0.115. The van der Waals surface area contributed by atoms with Crippen LogP contribution in [0.4, 0.5) is 5.69 Å². The molecule has 1 aliphatic rings. The van der Waals surface area contributed by atoms with Crippen molar-refractivity contribution in [2.24, 2.45) is 0 Å². The number of benzene rings is 2.